The van der Waals surface area contributed by atoms with Gasteiger partial charge in [0.25, 0.3) is 0 Å². The highest BCUT2D eigenvalue weighted by molar-refractivity contribution is 5.81. The van der Waals surface area contributed by atoms with E-state index in [4.69, 9.17) is 19.6 Å². The second kappa shape index (κ2) is 9.29. The fourth-order valence-corrected chi connectivity index (χ4v) is 5.09. The Morgan fingerprint density at radius 3 is 2.91 bits per heavy atom. The lowest BCUT2D eigenvalue weighted by atomic mass is 9.95. The molecule has 2 aliphatic rings. The lowest BCUT2D eigenvalue weighted by Crippen LogP contribution is -2.43. The largest absolute Gasteiger partial charge is 0.497 e. The number of amides is 1. The second-order valence-electron chi connectivity index (χ2n) is 8.86. The highest BCUT2D eigenvalue weighted by Gasteiger charge is 2.29. The van der Waals surface area contributed by atoms with E-state index in [0.29, 0.717) is 18.8 Å². The van der Waals surface area contributed by atoms with Gasteiger partial charge >= 0.3 is 0 Å². The van der Waals surface area contributed by atoms with Crippen LogP contribution in [0.5, 0.6) is 11.5 Å². The summed E-state index contributed by atoms with van der Waals surface area (Å²) in [6, 6.07) is 5.64. The number of carbonyl (C=O) groups is 1. The van der Waals surface area contributed by atoms with Crippen molar-refractivity contribution < 1.29 is 14.3 Å². The van der Waals surface area contributed by atoms with Gasteiger partial charge in [-0.2, -0.15) is 5.10 Å². The fourth-order valence-electron chi connectivity index (χ4n) is 5.09. The number of piperidine rings is 1. The van der Waals surface area contributed by atoms with Crippen molar-refractivity contribution in [1.29, 1.82) is 0 Å². The van der Waals surface area contributed by atoms with Crippen LogP contribution in [0, 0.1) is 5.92 Å². The van der Waals surface area contributed by atoms with E-state index in [-0.39, 0.29) is 11.8 Å². The van der Waals surface area contributed by atoms with Gasteiger partial charge in [0, 0.05) is 49.2 Å². The molecule has 33 heavy (non-hydrogen) atoms. The smallest absolute Gasteiger partial charge is 0.225 e. The van der Waals surface area contributed by atoms with Crippen molar-refractivity contribution in [3.05, 3.63) is 47.4 Å². The molecule has 1 aliphatic carbocycles. The molecule has 0 unspecified atom stereocenters. The summed E-state index contributed by atoms with van der Waals surface area (Å²) in [5, 5.41) is 7.92. The molecule has 1 amide bonds. The van der Waals surface area contributed by atoms with Gasteiger partial charge in [0.05, 0.1) is 25.8 Å². The molecule has 1 saturated heterocycles. The first-order chi connectivity index (χ1) is 16.2. The number of nitrogens with one attached hydrogen (secondary N) is 1. The quantitative estimate of drug-likeness (QED) is 0.623. The molecule has 8 nitrogen and oxygen atoms in total. The number of hydrogen-bond acceptors (Lipinski definition) is 6. The van der Waals surface area contributed by atoms with Crippen molar-refractivity contribution in [3.8, 4) is 11.5 Å². The predicted molar refractivity (Wildman–Crippen MR) is 126 cm³/mol. The van der Waals surface area contributed by atoms with Crippen LogP contribution in [0.1, 0.15) is 42.5 Å². The lowest BCUT2D eigenvalue weighted by molar-refractivity contribution is -0.125. The summed E-state index contributed by atoms with van der Waals surface area (Å²) in [6.07, 6.45) is 10.1. The van der Waals surface area contributed by atoms with Gasteiger partial charge in [0.15, 0.2) is 5.82 Å². The van der Waals surface area contributed by atoms with Crippen LogP contribution in [0.3, 0.4) is 0 Å². The van der Waals surface area contributed by atoms with Crippen LogP contribution in [0.4, 0.5) is 5.82 Å². The number of hydrogen-bond donors (Lipinski definition) is 1. The molecule has 0 saturated carbocycles. The van der Waals surface area contributed by atoms with E-state index in [1.807, 2.05) is 35.1 Å². The Kier molecular flexibility index (Phi) is 6.07. The summed E-state index contributed by atoms with van der Waals surface area (Å²) in [6.45, 7) is 1.99. The SMILES string of the molecule is COc1ccc(CNC(=O)[C@H]2CCCN(c3nccn4nc5c(c34)CCCC5)C2)c(OC)c1. The van der Waals surface area contributed by atoms with E-state index in [1.54, 1.807) is 14.2 Å². The Morgan fingerprint density at radius 1 is 1.18 bits per heavy atom. The van der Waals surface area contributed by atoms with Crippen molar-refractivity contribution in [2.24, 2.45) is 5.92 Å². The fraction of sp³-hybridized carbons (Fsp3) is 0.480. The third-order valence-electron chi connectivity index (χ3n) is 6.84. The van der Waals surface area contributed by atoms with E-state index in [1.165, 1.54) is 24.1 Å². The molecule has 1 aromatic carbocycles. The molecule has 0 spiro atoms. The number of aromatic nitrogens is 3. The van der Waals surface area contributed by atoms with Crippen molar-refractivity contribution in [3.63, 3.8) is 0 Å². The van der Waals surface area contributed by atoms with E-state index in [9.17, 15) is 4.79 Å². The maximum Gasteiger partial charge on any atom is 0.225 e. The van der Waals surface area contributed by atoms with Gasteiger partial charge in [-0.3, -0.25) is 4.79 Å². The molecule has 1 N–H and O–H groups in total. The Balaban J connectivity index is 1.31. The van der Waals surface area contributed by atoms with Crippen LogP contribution in [-0.2, 0) is 24.2 Å². The van der Waals surface area contributed by atoms with Gasteiger partial charge in [-0.1, -0.05) is 0 Å². The number of benzene rings is 1. The Hall–Kier alpha value is -3.29. The van der Waals surface area contributed by atoms with Crippen molar-refractivity contribution in [1.82, 2.24) is 19.9 Å². The molecule has 1 fully saturated rings. The van der Waals surface area contributed by atoms with Gasteiger partial charge in [0.1, 0.15) is 17.0 Å². The summed E-state index contributed by atoms with van der Waals surface area (Å²) in [7, 11) is 3.25. The minimum Gasteiger partial charge on any atom is -0.497 e. The topological polar surface area (TPSA) is 81.0 Å². The number of anilines is 1. The minimum atomic E-state index is -0.0798. The number of carbonyl (C=O) groups excluding carboxylic acids is 1. The first-order valence-electron chi connectivity index (χ1n) is 11.8. The number of methoxy groups -OCH3 is 2. The van der Waals surface area contributed by atoms with Gasteiger partial charge in [-0.15, -0.1) is 0 Å². The van der Waals surface area contributed by atoms with Gasteiger partial charge in [0.2, 0.25) is 5.91 Å². The molecule has 1 aliphatic heterocycles. The van der Waals surface area contributed by atoms with Crippen LogP contribution in [0.2, 0.25) is 0 Å². The second-order valence-corrected chi connectivity index (χ2v) is 8.86. The monoisotopic (exact) mass is 449 g/mol. The number of rotatable bonds is 6. The molecular weight excluding hydrogens is 418 g/mol. The molecule has 0 bridgehead atoms. The van der Waals surface area contributed by atoms with Gasteiger partial charge in [-0.05, 0) is 50.7 Å². The van der Waals surface area contributed by atoms with E-state index < -0.39 is 0 Å². The van der Waals surface area contributed by atoms with Crippen molar-refractivity contribution in [2.45, 2.75) is 45.1 Å². The van der Waals surface area contributed by atoms with Gasteiger partial charge in [-0.25, -0.2) is 9.50 Å². The zero-order chi connectivity index (χ0) is 22.8. The van der Waals surface area contributed by atoms with Crippen LogP contribution in [0.25, 0.3) is 5.52 Å². The van der Waals surface area contributed by atoms with Crippen LogP contribution < -0.4 is 19.7 Å². The van der Waals surface area contributed by atoms with E-state index in [0.717, 1.165) is 54.9 Å². The molecule has 3 aromatic rings. The first-order valence-corrected chi connectivity index (χ1v) is 11.8. The zero-order valence-electron chi connectivity index (χ0n) is 19.3. The molecule has 3 heterocycles. The van der Waals surface area contributed by atoms with Crippen molar-refractivity contribution >= 4 is 17.2 Å². The first kappa shape index (κ1) is 21.6. The summed E-state index contributed by atoms with van der Waals surface area (Å²) >= 11 is 0. The molecule has 5 rings (SSSR count). The molecule has 8 heteroatoms. The maximum atomic E-state index is 13.1. The highest BCUT2D eigenvalue weighted by atomic mass is 16.5. The van der Waals surface area contributed by atoms with E-state index in [2.05, 4.69) is 10.2 Å². The predicted octanol–water partition coefficient (Wildman–Crippen LogP) is 3.16. The van der Waals surface area contributed by atoms with Gasteiger partial charge < -0.3 is 19.7 Å². The Morgan fingerprint density at radius 2 is 2.06 bits per heavy atom. The van der Waals surface area contributed by atoms with E-state index >= 15 is 0 Å². The number of aryl methyl sites for hydroxylation is 2. The van der Waals surface area contributed by atoms with Crippen LogP contribution >= 0.6 is 0 Å². The van der Waals surface area contributed by atoms with Crippen molar-refractivity contribution in [2.75, 3.05) is 32.2 Å². The average molecular weight is 450 g/mol. The lowest BCUT2D eigenvalue weighted by Gasteiger charge is -2.33. The Labute approximate surface area is 193 Å². The van der Waals surface area contributed by atoms with Crippen LogP contribution in [0.15, 0.2) is 30.6 Å². The normalized spacial score (nSPS) is 18.1. The molecule has 2 aromatic heterocycles. The molecule has 1 atom stereocenters. The zero-order valence-corrected chi connectivity index (χ0v) is 19.3. The summed E-state index contributed by atoms with van der Waals surface area (Å²) in [5.74, 6) is 2.39. The number of nitrogens with zero attached hydrogens (tertiary/aromatic N) is 4. The highest BCUT2D eigenvalue weighted by Crippen LogP contribution is 2.32. The summed E-state index contributed by atoms with van der Waals surface area (Å²) in [4.78, 5) is 20.1. The molecule has 174 valence electrons. The Bertz CT molecular complexity index is 1160. The molecule has 0 radical (unpaired) electrons. The van der Waals surface area contributed by atoms with Crippen LogP contribution in [-0.4, -0.2) is 47.8 Å². The maximum absolute atomic E-state index is 13.1. The third kappa shape index (κ3) is 4.21. The standard InChI is InChI=1S/C25H31N5O3/c1-32-19-10-9-17(22(14-19)33-2)15-27-25(31)18-6-5-12-29(16-18)24-23-20-7-3-4-8-21(20)28-30(23)13-11-26-24/h9-11,13-14,18H,3-8,12,15-16H2,1-2H3,(H,27,31)/t18-/m0/s1. The summed E-state index contributed by atoms with van der Waals surface area (Å²) < 4.78 is 12.7. The average Bonchev–Trinajstić information content (AvgIpc) is 3.26. The molecular formula is C25H31N5O3. The number of fused-ring (bicyclic) bond motifs is 3. The summed E-state index contributed by atoms with van der Waals surface area (Å²) in [5.41, 5.74) is 4.59. The number of ether oxygens (including phenoxy) is 2. The minimum absolute atomic E-state index is 0.0695. The third-order valence-corrected chi connectivity index (χ3v) is 6.84.